The second-order valence-corrected chi connectivity index (χ2v) is 4.60. The highest BCUT2D eigenvalue weighted by Crippen LogP contribution is 2.29. The van der Waals surface area contributed by atoms with Crippen molar-refractivity contribution in [3.05, 3.63) is 40.0 Å². The number of carboxylic acids is 1. The summed E-state index contributed by atoms with van der Waals surface area (Å²) in [5.74, 6) is -0.974. The molecule has 1 atom stereocenters. The molecular weight excluding hydrogens is 278 g/mol. The molecule has 7 heteroatoms. The van der Waals surface area contributed by atoms with E-state index in [9.17, 15) is 14.9 Å². The minimum atomic E-state index is -1.09. The number of rotatable bonds is 6. The van der Waals surface area contributed by atoms with E-state index in [1.54, 1.807) is 0 Å². The predicted molar refractivity (Wildman–Crippen MR) is 74.2 cm³/mol. The lowest BCUT2D eigenvalue weighted by molar-refractivity contribution is -0.385. The minimum Gasteiger partial charge on any atom is -0.484 e. The molecule has 0 bridgehead atoms. The topological polar surface area (TPSA) is 98.9 Å². The van der Waals surface area contributed by atoms with E-state index < -0.39 is 10.9 Å². The van der Waals surface area contributed by atoms with Crippen LogP contribution in [-0.2, 0) is 9.53 Å². The van der Waals surface area contributed by atoms with Gasteiger partial charge in [-0.1, -0.05) is 0 Å². The van der Waals surface area contributed by atoms with E-state index in [4.69, 9.17) is 14.6 Å². The Balaban J connectivity index is 2.15. The molecule has 7 nitrogen and oxygen atoms in total. The molecule has 1 unspecified atom stereocenters. The Bertz CT molecular complexity index is 563. The lowest BCUT2D eigenvalue weighted by atomic mass is 10.1. The number of aliphatic carboxylic acids is 1. The molecule has 1 fully saturated rings. The normalized spacial score (nSPS) is 18.0. The van der Waals surface area contributed by atoms with Crippen LogP contribution in [0.4, 0.5) is 5.69 Å². The van der Waals surface area contributed by atoms with Gasteiger partial charge in [-0.25, -0.2) is 4.79 Å². The van der Waals surface area contributed by atoms with Gasteiger partial charge in [0, 0.05) is 18.7 Å². The standard InChI is InChI=1S/C14H15NO6/c16-14(17)6-4-10-3-5-12(15(18)19)13(8-10)21-9-11-2-1-7-20-11/h3-6,8,11H,1-2,7,9H2,(H,16,17). The average molecular weight is 293 g/mol. The van der Waals surface area contributed by atoms with Crippen LogP contribution >= 0.6 is 0 Å². The molecule has 1 aromatic carbocycles. The summed E-state index contributed by atoms with van der Waals surface area (Å²) in [7, 11) is 0. The molecule has 1 N–H and O–H groups in total. The molecule has 0 radical (unpaired) electrons. The predicted octanol–water partition coefficient (Wildman–Crippen LogP) is 2.25. The molecule has 0 saturated carbocycles. The van der Waals surface area contributed by atoms with Crippen molar-refractivity contribution in [1.82, 2.24) is 0 Å². The van der Waals surface area contributed by atoms with Crippen LogP contribution in [0.1, 0.15) is 18.4 Å². The molecule has 0 aliphatic carbocycles. The fourth-order valence-electron chi connectivity index (χ4n) is 2.03. The molecule has 1 aliphatic rings. The first-order valence-corrected chi connectivity index (χ1v) is 6.50. The van der Waals surface area contributed by atoms with Crippen molar-refractivity contribution in [3.63, 3.8) is 0 Å². The number of ether oxygens (including phenoxy) is 2. The maximum absolute atomic E-state index is 11.0. The van der Waals surface area contributed by atoms with Crippen LogP contribution < -0.4 is 4.74 Å². The van der Waals surface area contributed by atoms with Gasteiger partial charge in [-0.3, -0.25) is 10.1 Å². The number of nitro benzene ring substituents is 1. The van der Waals surface area contributed by atoms with Gasteiger partial charge in [0.05, 0.1) is 11.0 Å². The van der Waals surface area contributed by atoms with Crippen LogP contribution in [0.3, 0.4) is 0 Å². The molecule has 1 aliphatic heterocycles. The Kier molecular flexibility index (Phi) is 4.89. The van der Waals surface area contributed by atoms with E-state index >= 15 is 0 Å². The van der Waals surface area contributed by atoms with Crippen LogP contribution in [0, 0.1) is 10.1 Å². The zero-order chi connectivity index (χ0) is 15.2. The van der Waals surface area contributed by atoms with Crippen molar-refractivity contribution in [2.75, 3.05) is 13.2 Å². The molecule has 0 amide bonds. The van der Waals surface area contributed by atoms with Crippen molar-refractivity contribution < 1.29 is 24.3 Å². The number of benzene rings is 1. The van der Waals surface area contributed by atoms with Crippen molar-refractivity contribution in [1.29, 1.82) is 0 Å². The van der Waals surface area contributed by atoms with Crippen LogP contribution in [0.5, 0.6) is 5.75 Å². The summed E-state index contributed by atoms with van der Waals surface area (Å²) < 4.78 is 10.9. The van der Waals surface area contributed by atoms with Crippen molar-refractivity contribution >= 4 is 17.7 Å². The van der Waals surface area contributed by atoms with E-state index in [1.807, 2.05) is 0 Å². The Hall–Kier alpha value is -2.41. The second kappa shape index (κ2) is 6.85. The Morgan fingerprint density at radius 3 is 3.00 bits per heavy atom. The highest BCUT2D eigenvalue weighted by atomic mass is 16.6. The minimum absolute atomic E-state index is 0.0529. The van der Waals surface area contributed by atoms with Gasteiger partial charge in [0.25, 0.3) is 0 Å². The Morgan fingerprint density at radius 1 is 1.57 bits per heavy atom. The number of nitrogens with zero attached hydrogens (tertiary/aromatic N) is 1. The van der Waals surface area contributed by atoms with Gasteiger partial charge in [0.2, 0.25) is 0 Å². The van der Waals surface area contributed by atoms with E-state index in [0.717, 1.165) is 18.9 Å². The fourth-order valence-corrected chi connectivity index (χ4v) is 2.03. The molecule has 1 saturated heterocycles. The number of hydrogen-bond acceptors (Lipinski definition) is 5. The lowest BCUT2D eigenvalue weighted by Crippen LogP contribution is -2.16. The van der Waals surface area contributed by atoms with E-state index in [1.165, 1.54) is 24.3 Å². The maximum Gasteiger partial charge on any atom is 0.328 e. The second-order valence-electron chi connectivity index (χ2n) is 4.60. The molecule has 2 rings (SSSR count). The zero-order valence-corrected chi connectivity index (χ0v) is 11.2. The summed E-state index contributed by atoms with van der Waals surface area (Å²) in [6, 6.07) is 4.22. The molecule has 1 aromatic rings. The number of nitro groups is 1. The van der Waals surface area contributed by atoms with Crippen LogP contribution in [0.15, 0.2) is 24.3 Å². The van der Waals surface area contributed by atoms with Gasteiger partial charge in [-0.15, -0.1) is 0 Å². The summed E-state index contributed by atoms with van der Waals surface area (Å²) in [6.45, 7) is 0.921. The quantitative estimate of drug-likeness (QED) is 0.490. The summed E-state index contributed by atoms with van der Waals surface area (Å²) in [5.41, 5.74) is 0.366. The third-order valence-electron chi connectivity index (χ3n) is 3.05. The van der Waals surface area contributed by atoms with Crippen molar-refractivity contribution in [3.8, 4) is 5.75 Å². The van der Waals surface area contributed by atoms with E-state index in [0.29, 0.717) is 12.2 Å². The SMILES string of the molecule is O=C(O)C=Cc1ccc([N+](=O)[O-])c(OCC2CCCO2)c1. The van der Waals surface area contributed by atoms with Gasteiger partial charge < -0.3 is 14.6 Å². The first kappa shape index (κ1) is 15.0. The maximum atomic E-state index is 11.0. The highest BCUT2D eigenvalue weighted by molar-refractivity contribution is 5.85. The monoisotopic (exact) mass is 293 g/mol. The van der Waals surface area contributed by atoms with Crippen LogP contribution in [0.25, 0.3) is 6.08 Å². The van der Waals surface area contributed by atoms with E-state index in [2.05, 4.69) is 0 Å². The first-order chi connectivity index (χ1) is 10.1. The van der Waals surface area contributed by atoms with E-state index in [-0.39, 0.29) is 24.1 Å². The van der Waals surface area contributed by atoms with Crippen molar-refractivity contribution in [2.45, 2.75) is 18.9 Å². The Labute approximate surface area is 120 Å². The summed E-state index contributed by atoms with van der Waals surface area (Å²) in [4.78, 5) is 20.9. The van der Waals surface area contributed by atoms with Gasteiger partial charge >= 0.3 is 11.7 Å². The van der Waals surface area contributed by atoms with Gasteiger partial charge in [0.15, 0.2) is 5.75 Å². The third-order valence-corrected chi connectivity index (χ3v) is 3.05. The van der Waals surface area contributed by atoms with Crippen LogP contribution in [-0.4, -0.2) is 35.3 Å². The lowest BCUT2D eigenvalue weighted by Gasteiger charge is -2.12. The number of hydrogen-bond donors (Lipinski definition) is 1. The Morgan fingerprint density at radius 2 is 2.38 bits per heavy atom. The zero-order valence-electron chi connectivity index (χ0n) is 11.2. The largest absolute Gasteiger partial charge is 0.484 e. The van der Waals surface area contributed by atoms with Crippen molar-refractivity contribution in [2.24, 2.45) is 0 Å². The molecular formula is C14H15NO6. The summed E-state index contributed by atoms with van der Waals surface area (Å²) in [6.07, 6.45) is 4.09. The highest BCUT2D eigenvalue weighted by Gasteiger charge is 2.20. The smallest absolute Gasteiger partial charge is 0.328 e. The van der Waals surface area contributed by atoms with Gasteiger partial charge in [-0.2, -0.15) is 0 Å². The number of carbonyl (C=O) groups is 1. The average Bonchev–Trinajstić information content (AvgIpc) is 2.96. The van der Waals surface area contributed by atoms with Gasteiger partial charge in [-0.05, 0) is 36.6 Å². The molecule has 112 valence electrons. The molecule has 0 aromatic heterocycles. The fraction of sp³-hybridized carbons (Fsp3) is 0.357. The summed E-state index contributed by atoms with van der Waals surface area (Å²) >= 11 is 0. The molecule has 1 heterocycles. The van der Waals surface area contributed by atoms with Crippen LogP contribution in [0.2, 0.25) is 0 Å². The molecule has 21 heavy (non-hydrogen) atoms. The summed E-state index contributed by atoms with van der Waals surface area (Å²) in [5, 5.41) is 19.6. The number of carboxylic acid groups (broad SMARTS) is 1. The third kappa shape index (κ3) is 4.28. The molecule has 0 spiro atoms. The van der Waals surface area contributed by atoms with Gasteiger partial charge in [0.1, 0.15) is 6.61 Å². The first-order valence-electron chi connectivity index (χ1n) is 6.50.